The molecule has 0 spiro atoms. The molecule has 2 heteroatoms. The topological polar surface area (TPSA) is 21.3 Å². The molecular formula is C12H19NO. The highest BCUT2D eigenvalue weighted by Gasteiger charge is 2.03. The molecule has 1 atom stereocenters. The van der Waals surface area contributed by atoms with Gasteiger partial charge in [-0.1, -0.05) is 31.2 Å². The quantitative estimate of drug-likeness (QED) is 0.726. The van der Waals surface area contributed by atoms with Gasteiger partial charge in [-0.05, 0) is 31.4 Å². The van der Waals surface area contributed by atoms with Crippen molar-refractivity contribution in [3.05, 3.63) is 35.4 Å². The fourth-order valence-corrected chi connectivity index (χ4v) is 1.32. The van der Waals surface area contributed by atoms with E-state index in [2.05, 4.69) is 43.6 Å². The zero-order valence-corrected chi connectivity index (χ0v) is 9.21. The standard InChI is InChI=1S/C12H19NO/c1-4-11-6-8-12(9-7-11)10(3)13-14-5-2/h6-10,13H,4-5H2,1-3H3. The van der Waals surface area contributed by atoms with Crippen molar-refractivity contribution >= 4 is 0 Å². The average molecular weight is 193 g/mol. The van der Waals surface area contributed by atoms with Crippen LogP contribution in [-0.2, 0) is 11.3 Å². The molecular weight excluding hydrogens is 174 g/mol. The van der Waals surface area contributed by atoms with Crippen molar-refractivity contribution in [2.45, 2.75) is 33.2 Å². The number of aryl methyl sites for hydroxylation is 1. The van der Waals surface area contributed by atoms with Crippen LogP contribution in [0.4, 0.5) is 0 Å². The molecule has 0 heterocycles. The average Bonchev–Trinajstić information content (AvgIpc) is 2.26. The minimum Gasteiger partial charge on any atom is -0.302 e. The van der Waals surface area contributed by atoms with Gasteiger partial charge in [-0.2, -0.15) is 5.48 Å². The summed E-state index contributed by atoms with van der Waals surface area (Å²) < 4.78 is 0. The molecule has 2 nitrogen and oxygen atoms in total. The van der Waals surface area contributed by atoms with E-state index in [4.69, 9.17) is 4.84 Å². The number of rotatable bonds is 5. The summed E-state index contributed by atoms with van der Waals surface area (Å²) in [6.07, 6.45) is 1.09. The second-order valence-corrected chi connectivity index (χ2v) is 3.37. The van der Waals surface area contributed by atoms with Gasteiger partial charge in [-0.25, -0.2) is 0 Å². The van der Waals surface area contributed by atoms with E-state index in [1.807, 2.05) is 6.92 Å². The van der Waals surface area contributed by atoms with Gasteiger partial charge in [0.15, 0.2) is 0 Å². The van der Waals surface area contributed by atoms with Gasteiger partial charge in [0.2, 0.25) is 0 Å². The third-order valence-corrected chi connectivity index (χ3v) is 2.29. The third kappa shape index (κ3) is 3.13. The number of benzene rings is 1. The van der Waals surface area contributed by atoms with Crippen LogP contribution >= 0.6 is 0 Å². The Morgan fingerprint density at radius 2 is 1.86 bits per heavy atom. The van der Waals surface area contributed by atoms with E-state index in [9.17, 15) is 0 Å². The van der Waals surface area contributed by atoms with Crippen LogP contribution in [0.1, 0.15) is 37.9 Å². The Balaban J connectivity index is 2.57. The summed E-state index contributed by atoms with van der Waals surface area (Å²) >= 11 is 0. The minimum absolute atomic E-state index is 0.251. The molecule has 0 bridgehead atoms. The molecule has 1 rings (SSSR count). The van der Waals surface area contributed by atoms with Gasteiger partial charge in [0.25, 0.3) is 0 Å². The summed E-state index contributed by atoms with van der Waals surface area (Å²) in [4.78, 5) is 5.16. The SMILES string of the molecule is CCONC(C)c1ccc(CC)cc1. The first-order valence-electron chi connectivity index (χ1n) is 5.24. The summed E-state index contributed by atoms with van der Waals surface area (Å²) in [6.45, 7) is 6.92. The molecule has 1 unspecified atom stereocenters. The molecule has 0 amide bonds. The first kappa shape index (κ1) is 11.2. The van der Waals surface area contributed by atoms with E-state index in [1.165, 1.54) is 11.1 Å². The minimum atomic E-state index is 0.251. The molecule has 0 saturated carbocycles. The van der Waals surface area contributed by atoms with Gasteiger partial charge in [0.1, 0.15) is 0 Å². The molecule has 0 radical (unpaired) electrons. The fraction of sp³-hybridized carbons (Fsp3) is 0.500. The summed E-state index contributed by atoms with van der Waals surface area (Å²) in [7, 11) is 0. The number of hydrogen-bond donors (Lipinski definition) is 1. The Hall–Kier alpha value is -0.860. The lowest BCUT2D eigenvalue weighted by atomic mass is 10.1. The van der Waals surface area contributed by atoms with Crippen molar-refractivity contribution in [2.24, 2.45) is 0 Å². The number of nitrogens with one attached hydrogen (secondary N) is 1. The van der Waals surface area contributed by atoms with Crippen LogP contribution in [0.15, 0.2) is 24.3 Å². The lowest BCUT2D eigenvalue weighted by Crippen LogP contribution is -2.18. The molecule has 0 aromatic heterocycles. The normalized spacial score (nSPS) is 12.8. The third-order valence-electron chi connectivity index (χ3n) is 2.29. The van der Waals surface area contributed by atoms with Gasteiger partial charge in [-0.3, -0.25) is 0 Å². The van der Waals surface area contributed by atoms with Gasteiger partial charge >= 0.3 is 0 Å². The van der Waals surface area contributed by atoms with E-state index in [0.717, 1.165) is 6.42 Å². The van der Waals surface area contributed by atoms with Crippen molar-refractivity contribution in [3.63, 3.8) is 0 Å². The van der Waals surface area contributed by atoms with Gasteiger partial charge in [0, 0.05) is 0 Å². The molecule has 0 aliphatic rings. The molecule has 1 N–H and O–H groups in total. The highest BCUT2D eigenvalue weighted by molar-refractivity contribution is 5.24. The zero-order valence-electron chi connectivity index (χ0n) is 9.21. The molecule has 14 heavy (non-hydrogen) atoms. The van der Waals surface area contributed by atoms with Crippen molar-refractivity contribution in [2.75, 3.05) is 6.61 Å². The zero-order chi connectivity index (χ0) is 10.4. The fourth-order valence-electron chi connectivity index (χ4n) is 1.32. The van der Waals surface area contributed by atoms with E-state index in [1.54, 1.807) is 0 Å². The maximum Gasteiger partial charge on any atom is 0.0654 e. The van der Waals surface area contributed by atoms with Crippen molar-refractivity contribution in [1.82, 2.24) is 5.48 Å². The van der Waals surface area contributed by atoms with E-state index in [0.29, 0.717) is 6.61 Å². The number of hydrogen-bond acceptors (Lipinski definition) is 2. The van der Waals surface area contributed by atoms with E-state index < -0.39 is 0 Å². The van der Waals surface area contributed by atoms with Gasteiger partial charge < -0.3 is 4.84 Å². The maximum absolute atomic E-state index is 5.16. The van der Waals surface area contributed by atoms with E-state index in [-0.39, 0.29) is 6.04 Å². The highest BCUT2D eigenvalue weighted by atomic mass is 16.6. The Labute approximate surface area is 86.2 Å². The first-order chi connectivity index (χ1) is 6.77. The van der Waals surface area contributed by atoms with Crippen LogP contribution < -0.4 is 5.48 Å². The Kier molecular flexibility index (Phi) is 4.63. The van der Waals surface area contributed by atoms with Crippen LogP contribution in [0, 0.1) is 0 Å². The summed E-state index contributed by atoms with van der Waals surface area (Å²) in [5, 5.41) is 0. The molecule has 0 saturated heterocycles. The number of hydroxylamine groups is 1. The summed E-state index contributed by atoms with van der Waals surface area (Å²) in [6, 6.07) is 8.88. The molecule has 0 fully saturated rings. The van der Waals surface area contributed by atoms with Crippen LogP contribution in [-0.4, -0.2) is 6.61 Å². The van der Waals surface area contributed by atoms with Gasteiger partial charge in [0.05, 0.1) is 12.6 Å². The molecule has 1 aromatic rings. The molecule has 0 aliphatic heterocycles. The van der Waals surface area contributed by atoms with Crippen molar-refractivity contribution < 1.29 is 4.84 Å². The molecule has 0 aliphatic carbocycles. The van der Waals surface area contributed by atoms with Gasteiger partial charge in [-0.15, -0.1) is 0 Å². The second kappa shape index (κ2) is 5.78. The smallest absolute Gasteiger partial charge is 0.0654 e. The summed E-state index contributed by atoms with van der Waals surface area (Å²) in [5.41, 5.74) is 5.62. The van der Waals surface area contributed by atoms with Crippen LogP contribution in [0.5, 0.6) is 0 Å². The molecule has 1 aromatic carbocycles. The predicted molar refractivity (Wildman–Crippen MR) is 59.0 cm³/mol. The Bertz CT molecular complexity index is 256. The lowest BCUT2D eigenvalue weighted by molar-refractivity contribution is 0.0285. The highest BCUT2D eigenvalue weighted by Crippen LogP contribution is 2.13. The van der Waals surface area contributed by atoms with Crippen molar-refractivity contribution in [3.8, 4) is 0 Å². The van der Waals surface area contributed by atoms with Crippen LogP contribution in [0.25, 0.3) is 0 Å². The lowest BCUT2D eigenvalue weighted by Gasteiger charge is -2.13. The summed E-state index contributed by atoms with van der Waals surface area (Å²) in [5.74, 6) is 0. The predicted octanol–water partition coefficient (Wildman–Crippen LogP) is 2.85. The monoisotopic (exact) mass is 193 g/mol. The maximum atomic E-state index is 5.16. The Morgan fingerprint density at radius 3 is 2.36 bits per heavy atom. The second-order valence-electron chi connectivity index (χ2n) is 3.37. The van der Waals surface area contributed by atoms with Crippen LogP contribution in [0.3, 0.4) is 0 Å². The van der Waals surface area contributed by atoms with E-state index >= 15 is 0 Å². The van der Waals surface area contributed by atoms with Crippen LogP contribution in [0.2, 0.25) is 0 Å². The Morgan fingerprint density at radius 1 is 1.21 bits per heavy atom. The largest absolute Gasteiger partial charge is 0.302 e. The first-order valence-corrected chi connectivity index (χ1v) is 5.24. The molecule has 78 valence electrons. The van der Waals surface area contributed by atoms with Crippen molar-refractivity contribution in [1.29, 1.82) is 0 Å².